The van der Waals surface area contributed by atoms with Crippen molar-refractivity contribution < 1.29 is 14.1 Å². The Hall–Kier alpha value is -3.74. The molecule has 2 heterocycles. The van der Waals surface area contributed by atoms with E-state index in [9.17, 15) is 9.59 Å². The maximum absolute atomic E-state index is 13.0. The van der Waals surface area contributed by atoms with E-state index in [0.717, 1.165) is 22.4 Å². The van der Waals surface area contributed by atoms with Crippen LogP contribution in [0, 0.1) is 19.8 Å². The number of nitrogens with zero attached hydrogens (tertiary/aromatic N) is 2. The van der Waals surface area contributed by atoms with E-state index < -0.39 is 0 Å². The van der Waals surface area contributed by atoms with Crippen LogP contribution in [0.5, 0.6) is 0 Å². The summed E-state index contributed by atoms with van der Waals surface area (Å²) in [6.07, 6.45) is 0.408. The lowest BCUT2D eigenvalue weighted by Crippen LogP contribution is -2.31. The van der Waals surface area contributed by atoms with Gasteiger partial charge in [-0.1, -0.05) is 62.3 Å². The first kappa shape index (κ1) is 22.9. The maximum Gasteiger partial charge on any atom is 0.261 e. The highest BCUT2D eigenvalue weighted by atomic mass is 16.5. The van der Waals surface area contributed by atoms with Crippen molar-refractivity contribution in [2.24, 2.45) is 11.0 Å². The van der Waals surface area contributed by atoms with Crippen molar-refractivity contribution in [3.05, 3.63) is 71.0 Å². The molecule has 4 rings (SSSR count). The highest BCUT2D eigenvalue weighted by Crippen LogP contribution is 2.28. The molecule has 0 aliphatic carbocycles. The summed E-state index contributed by atoms with van der Waals surface area (Å²) in [5.41, 5.74) is 7.72. The Bertz CT molecular complexity index is 1150. The molecule has 0 saturated carbocycles. The van der Waals surface area contributed by atoms with Crippen LogP contribution >= 0.6 is 0 Å². The molecule has 3 aromatic rings. The summed E-state index contributed by atoms with van der Waals surface area (Å²) in [7, 11) is 0. The van der Waals surface area contributed by atoms with Gasteiger partial charge in [-0.25, -0.2) is 5.43 Å². The van der Waals surface area contributed by atoms with E-state index in [4.69, 9.17) is 4.52 Å². The molecule has 0 bridgehead atoms. The molecule has 1 atom stereocenters. The summed E-state index contributed by atoms with van der Waals surface area (Å²) < 4.78 is 5.32. The summed E-state index contributed by atoms with van der Waals surface area (Å²) in [6, 6.07) is 15.1. The van der Waals surface area contributed by atoms with Crippen LogP contribution < -0.4 is 10.7 Å². The summed E-state index contributed by atoms with van der Waals surface area (Å²) in [4.78, 5) is 24.4. The summed E-state index contributed by atoms with van der Waals surface area (Å²) in [6.45, 7) is 9.66. The molecule has 0 fully saturated rings. The van der Waals surface area contributed by atoms with Crippen molar-refractivity contribution in [3.8, 4) is 11.3 Å². The Balaban J connectivity index is 0.00000141. The molecule has 166 valence electrons. The number of anilines is 1. The fraction of sp³-hybridized carbons (Fsp3) is 0.280. The van der Waals surface area contributed by atoms with Crippen molar-refractivity contribution in [2.75, 3.05) is 5.32 Å². The predicted octanol–water partition coefficient (Wildman–Crippen LogP) is 5.10. The minimum atomic E-state index is -0.282. The van der Waals surface area contributed by atoms with Gasteiger partial charge in [0.05, 0.1) is 5.71 Å². The lowest BCUT2D eigenvalue weighted by molar-refractivity contribution is -0.121. The molecule has 1 unspecified atom stereocenters. The van der Waals surface area contributed by atoms with Crippen LogP contribution in [0.1, 0.15) is 54.4 Å². The van der Waals surface area contributed by atoms with Crippen LogP contribution in [0.2, 0.25) is 0 Å². The molecule has 2 aromatic carbocycles. The van der Waals surface area contributed by atoms with Crippen molar-refractivity contribution >= 4 is 23.2 Å². The van der Waals surface area contributed by atoms with Gasteiger partial charge >= 0.3 is 0 Å². The van der Waals surface area contributed by atoms with Crippen LogP contribution in [-0.2, 0) is 4.79 Å². The first-order valence-corrected chi connectivity index (χ1v) is 10.7. The standard InChI is InChI=1S/C23H22N4O3.C2H6/c1-13-6-4-5-7-18(13)22-20(15(3)30-27-22)23(29)24-17-10-8-16(9-11-17)21-14(2)12-19(28)25-26-21;1-2/h4-11,14H,12H2,1-3H3,(H,24,29)(H,25,28);1-2H3. The van der Waals surface area contributed by atoms with Crippen molar-refractivity contribution in [2.45, 2.75) is 41.0 Å². The number of amides is 2. The number of carbonyl (C=O) groups excluding carboxylic acids is 2. The number of hydrogen-bond acceptors (Lipinski definition) is 5. The lowest BCUT2D eigenvalue weighted by Gasteiger charge is -2.19. The number of aryl methyl sites for hydroxylation is 2. The molecule has 0 saturated heterocycles. The quantitative estimate of drug-likeness (QED) is 0.600. The van der Waals surface area contributed by atoms with Crippen molar-refractivity contribution in [3.63, 3.8) is 0 Å². The van der Waals surface area contributed by atoms with Gasteiger partial charge < -0.3 is 9.84 Å². The minimum absolute atomic E-state index is 0.0375. The van der Waals surface area contributed by atoms with E-state index in [2.05, 4.69) is 21.0 Å². The zero-order valence-electron chi connectivity index (χ0n) is 19.0. The predicted molar refractivity (Wildman–Crippen MR) is 126 cm³/mol. The van der Waals surface area contributed by atoms with Gasteiger partial charge in [-0.05, 0) is 37.1 Å². The first-order valence-electron chi connectivity index (χ1n) is 10.7. The number of carbonyl (C=O) groups is 2. The van der Waals surface area contributed by atoms with Gasteiger partial charge in [0, 0.05) is 23.6 Å². The molecule has 0 spiro atoms. The monoisotopic (exact) mass is 432 g/mol. The number of aromatic nitrogens is 1. The van der Waals surface area contributed by atoms with Gasteiger partial charge in [0.25, 0.3) is 5.91 Å². The van der Waals surface area contributed by atoms with E-state index in [1.807, 2.05) is 76.2 Å². The Labute approximate surface area is 187 Å². The zero-order valence-corrected chi connectivity index (χ0v) is 19.0. The second-order valence-corrected chi connectivity index (χ2v) is 7.45. The van der Waals surface area contributed by atoms with Gasteiger partial charge in [-0.3, -0.25) is 9.59 Å². The normalized spacial score (nSPS) is 15.2. The molecular formula is C25H28N4O3. The molecule has 2 N–H and O–H groups in total. The fourth-order valence-corrected chi connectivity index (χ4v) is 3.58. The van der Waals surface area contributed by atoms with E-state index in [1.165, 1.54) is 0 Å². The molecule has 0 radical (unpaired) electrons. The van der Waals surface area contributed by atoms with Crippen molar-refractivity contribution in [1.82, 2.24) is 10.6 Å². The van der Waals surface area contributed by atoms with E-state index in [1.54, 1.807) is 6.92 Å². The average Bonchev–Trinajstić information content (AvgIpc) is 3.17. The third-order valence-electron chi connectivity index (χ3n) is 5.19. The summed E-state index contributed by atoms with van der Waals surface area (Å²) in [5.74, 6) is 0.137. The average molecular weight is 433 g/mol. The smallest absolute Gasteiger partial charge is 0.261 e. The Morgan fingerprint density at radius 3 is 2.44 bits per heavy atom. The number of nitrogens with one attached hydrogen (secondary N) is 2. The van der Waals surface area contributed by atoms with Gasteiger partial charge in [-0.2, -0.15) is 5.10 Å². The summed E-state index contributed by atoms with van der Waals surface area (Å²) in [5, 5.41) is 11.2. The molecular weight excluding hydrogens is 404 g/mol. The van der Waals surface area contributed by atoms with Crippen LogP contribution in [0.4, 0.5) is 5.69 Å². The third kappa shape index (κ3) is 4.77. The number of rotatable bonds is 4. The van der Waals surface area contributed by atoms with Gasteiger partial charge in [-0.15, -0.1) is 0 Å². The van der Waals surface area contributed by atoms with E-state index in [-0.39, 0.29) is 17.7 Å². The van der Waals surface area contributed by atoms with Crippen LogP contribution in [0.3, 0.4) is 0 Å². The van der Waals surface area contributed by atoms with E-state index in [0.29, 0.717) is 29.1 Å². The van der Waals surface area contributed by atoms with Crippen LogP contribution in [0.25, 0.3) is 11.3 Å². The minimum Gasteiger partial charge on any atom is -0.360 e. The number of benzene rings is 2. The topological polar surface area (TPSA) is 96.6 Å². The Kier molecular flexibility index (Phi) is 7.20. The van der Waals surface area contributed by atoms with Crippen LogP contribution in [-0.4, -0.2) is 22.7 Å². The Morgan fingerprint density at radius 1 is 1.09 bits per heavy atom. The van der Waals surface area contributed by atoms with Gasteiger partial charge in [0.15, 0.2) is 0 Å². The van der Waals surface area contributed by atoms with Crippen molar-refractivity contribution in [1.29, 1.82) is 0 Å². The second-order valence-electron chi connectivity index (χ2n) is 7.45. The highest BCUT2D eigenvalue weighted by molar-refractivity contribution is 6.09. The molecule has 1 aliphatic rings. The van der Waals surface area contributed by atoms with E-state index >= 15 is 0 Å². The second kappa shape index (κ2) is 10.0. The number of hydrazone groups is 1. The first-order chi connectivity index (χ1) is 15.4. The molecule has 1 aromatic heterocycles. The molecule has 7 nitrogen and oxygen atoms in total. The zero-order chi connectivity index (χ0) is 23.3. The third-order valence-corrected chi connectivity index (χ3v) is 5.19. The number of hydrogen-bond donors (Lipinski definition) is 2. The highest BCUT2D eigenvalue weighted by Gasteiger charge is 2.24. The molecule has 32 heavy (non-hydrogen) atoms. The molecule has 2 amide bonds. The molecule has 1 aliphatic heterocycles. The largest absolute Gasteiger partial charge is 0.360 e. The van der Waals surface area contributed by atoms with Crippen LogP contribution in [0.15, 0.2) is 58.2 Å². The molecule has 7 heteroatoms. The Morgan fingerprint density at radius 2 is 1.78 bits per heavy atom. The fourth-order valence-electron chi connectivity index (χ4n) is 3.58. The van der Waals surface area contributed by atoms with Gasteiger partial charge in [0.2, 0.25) is 5.91 Å². The van der Waals surface area contributed by atoms with Gasteiger partial charge in [0.1, 0.15) is 17.0 Å². The lowest BCUT2D eigenvalue weighted by atomic mass is 9.94. The summed E-state index contributed by atoms with van der Waals surface area (Å²) >= 11 is 0. The maximum atomic E-state index is 13.0. The SMILES string of the molecule is CC.Cc1ccccc1-c1noc(C)c1C(=O)Nc1ccc(C2=NNC(=O)CC2C)cc1.